The molecule has 0 N–H and O–H groups in total. The van der Waals surface area contributed by atoms with Gasteiger partial charge >= 0.3 is 0 Å². The van der Waals surface area contributed by atoms with Crippen LogP contribution in [-0.4, -0.2) is 57.3 Å². The highest BCUT2D eigenvalue weighted by Crippen LogP contribution is 2.24. The number of likely N-dealkylation sites (tertiary alicyclic amines) is 2. The first-order valence-corrected chi connectivity index (χ1v) is 7.52. The van der Waals surface area contributed by atoms with Crippen molar-refractivity contribution in [3.05, 3.63) is 24.3 Å². The van der Waals surface area contributed by atoms with Crippen molar-refractivity contribution >= 4 is 11.8 Å². The van der Waals surface area contributed by atoms with Gasteiger partial charge in [-0.25, -0.2) is 4.98 Å². The van der Waals surface area contributed by atoms with Gasteiger partial charge in [0, 0.05) is 38.1 Å². The molecule has 0 saturated carbocycles. The van der Waals surface area contributed by atoms with E-state index in [0.29, 0.717) is 24.8 Å². The van der Waals surface area contributed by atoms with Crippen molar-refractivity contribution in [3.63, 3.8) is 0 Å². The summed E-state index contributed by atoms with van der Waals surface area (Å²) in [6.45, 7) is 3.96. The van der Waals surface area contributed by atoms with E-state index in [1.165, 1.54) is 25.0 Å². The minimum Gasteiger partial charge on any atom is -0.340 e. The number of nitrogens with zero attached hydrogens (tertiary/aromatic N) is 4. The molecule has 6 heteroatoms. The third-order valence-corrected chi connectivity index (χ3v) is 4.39. The van der Waals surface area contributed by atoms with Crippen LogP contribution in [0.1, 0.15) is 36.7 Å². The van der Waals surface area contributed by atoms with Gasteiger partial charge in [-0.1, -0.05) is 0 Å². The van der Waals surface area contributed by atoms with Crippen molar-refractivity contribution in [3.8, 4) is 0 Å². The van der Waals surface area contributed by atoms with E-state index in [9.17, 15) is 9.59 Å². The summed E-state index contributed by atoms with van der Waals surface area (Å²) >= 11 is 0. The highest BCUT2D eigenvalue weighted by Gasteiger charge is 2.39. The van der Waals surface area contributed by atoms with Gasteiger partial charge in [0.05, 0.1) is 12.1 Å². The zero-order chi connectivity index (χ0) is 14.8. The summed E-state index contributed by atoms with van der Waals surface area (Å²) in [5, 5.41) is 0. The summed E-state index contributed by atoms with van der Waals surface area (Å²) < 4.78 is 0. The maximum absolute atomic E-state index is 12.5. The number of piperidine rings is 1. The van der Waals surface area contributed by atoms with Gasteiger partial charge in [-0.2, -0.15) is 0 Å². The maximum atomic E-state index is 12.5. The lowest BCUT2D eigenvalue weighted by atomic mass is 9.94. The average molecular weight is 288 g/mol. The number of hydrogen-bond donors (Lipinski definition) is 0. The Bertz CT molecular complexity index is 528. The van der Waals surface area contributed by atoms with Crippen LogP contribution >= 0.6 is 0 Å². The van der Waals surface area contributed by atoms with Crippen molar-refractivity contribution in [2.75, 3.05) is 19.6 Å². The number of carbonyl (C=O) groups excluding carboxylic acids is 2. The number of rotatable bonds is 2. The third kappa shape index (κ3) is 2.75. The molecule has 3 rings (SSSR count). The maximum Gasteiger partial charge on any atom is 0.274 e. The molecular formula is C15H20N4O2. The van der Waals surface area contributed by atoms with Gasteiger partial charge in [-0.05, 0) is 26.2 Å². The predicted molar refractivity (Wildman–Crippen MR) is 76.5 cm³/mol. The van der Waals surface area contributed by atoms with Crippen molar-refractivity contribution in [1.82, 2.24) is 19.8 Å². The van der Waals surface area contributed by atoms with E-state index >= 15 is 0 Å². The lowest BCUT2D eigenvalue weighted by molar-refractivity contribution is -0.143. The molecule has 2 aliphatic rings. The van der Waals surface area contributed by atoms with E-state index in [2.05, 4.69) is 16.9 Å². The fraction of sp³-hybridized carbons (Fsp3) is 0.600. The predicted octanol–water partition coefficient (Wildman–Crippen LogP) is 0.950. The molecule has 2 fully saturated rings. The Kier molecular flexibility index (Phi) is 3.86. The van der Waals surface area contributed by atoms with Crippen LogP contribution in [-0.2, 0) is 4.79 Å². The Morgan fingerprint density at radius 3 is 2.71 bits per heavy atom. The highest BCUT2D eigenvalue weighted by molar-refractivity contribution is 5.94. The SMILES string of the molecule is C[C@@H]1CCCCN1C(=O)C1CN(C(=O)c2cnccn2)C1. The van der Waals surface area contributed by atoms with Crippen LogP contribution in [0.15, 0.2) is 18.6 Å². The van der Waals surface area contributed by atoms with Gasteiger partial charge < -0.3 is 9.80 Å². The molecule has 2 saturated heterocycles. The van der Waals surface area contributed by atoms with E-state index in [4.69, 9.17) is 0 Å². The van der Waals surface area contributed by atoms with E-state index in [1.807, 2.05) is 4.90 Å². The van der Waals surface area contributed by atoms with Crippen LogP contribution in [0.4, 0.5) is 0 Å². The normalized spacial score (nSPS) is 22.8. The standard InChI is InChI=1S/C15H20N4O2/c1-11-4-2-3-7-19(11)14(20)12-9-18(10-12)15(21)13-8-16-5-6-17-13/h5-6,8,11-12H,2-4,7,9-10H2,1H3/t11-/m1/s1. The molecular weight excluding hydrogens is 268 g/mol. The second-order valence-electron chi connectivity index (χ2n) is 5.87. The van der Waals surface area contributed by atoms with Gasteiger partial charge in [0.2, 0.25) is 5.91 Å². The van der Waals surface area contributed by atoms with Crippen molar-refractivity contribution < 1.29 is 9.59 Å². The smallest absolute Gasteiger partial charge is 0.274 e. The molecule has 0 aliphatic carbocycles. The Hall–Kier alpha value is -1.98. The molecule has 1 aromatic rings. The zero-order valence-corrected chi connectivity index (χ0v) is 12.2. The number of amides is 2. The molecule has 0 unspecified atom stereocenters. The van der Waals surface area contributed by atoms with E-state index in [-0.39, 0.29) is 17.7 Å². The molecule has 0 bridgehead atoms. The zero-order valence-electron chi connectivity index (χ0n) is 12.2. The van der Waals surface area contributed by atoms with Crippen LogP contribution in [0.2, 0.25) is 0 Å². The van der Waals surface area contributed by atoms with Crippen LogP contribution in [0.25, 0.3) is 0 Å². The quantitative estimate of drug-likeness (QED) is 0.812. The molecule has 2 amide bonds. The van der Waals surface area contributed by atoms with Crippen molar-refractivity contribution in [1.29, 1.82) is 0 Å². The van der Waals surface area contributed by atoms with Gasteiger partial charge in [0.25, 0.3) is 5.91 Å². The minimum atomic E-state index is -0.140. The van der Waals surface area contributed by atoms with Crippen molar-refractivity contribution in [2.45, 2.75) is 32.2 Å². The van der Waals surface area contributed by atoms with Crippen LogP contribution < -0.4 is 0 Å². The molecule has 0 aromatic carbocycles. The van der Waals surface area contributed by atoms with Gasteiger partial charge in [-0.3, -0.25) is 14.6 Å². The third-order valence-electron chi connectivity index (χ3n) is 4.39. The van der Waals surface area contributed by atoms with Crippen LogP contribution in [0.5, 0.6) is 0 Å². The monoisotopic (exact) mass is 288 g/mol. The van der Waals surface area contributed by atoms with Crippen LogP contribution in [0.3, 0.4) is 0 Å². The summed E-state index contributed by atoms with van der Waals surface area (Å²) in [6.07, 6.45) is 7.88. The molecule has 6 nitrogen and oxygen atoms in total. The molecule has 112 valence electrons. The van der Waals surface area contributed by atoms with Crippen molar-refractivity contribution in [2.24, 2.45) is 5.92 Å². The Labute approximate surface area is 124 Å². The Balaban J connectivity index is 1.56. The molecule has 1 atom stereocenters. The second-order valence-corrected chi connectivity index (χ2v) is 5.87. The molecule has 0 spiro atoms. The largest absolute Gasteiger partial charge is 0.340 e. The highest BCUT2D eigenvalue weighted by atomic mass is 16.2. The Morgan fingerprint density at radius 2 is 2.05 bits per heavy atom. The second kappa shape index (κ2) is 5.79. The summed E-state index contributed by atoms with van der Waals surface area (Å²) in [4.78, 5) is 36.1. The first-order valence-electron chi connectivity index (χ1n) is 7.52. The topological polar surface area (TPSA) is 66.4 Å². The van der Waals surface area contributed by atoms with E-state index in [1.54, 1.807) is 4.90 Å². The van der Waals surface area contributed by atoms with Crippen LogP contribution in [0, 0.1) is 5.92 Å². The molecule has 0 radical (unpaired) electrons. The van der Waals surface area contributed by atoms with Gasteiger partial charge in [-0.15, -0.1) is 0 Å². The summed E-state index contributed by atoms with van der Waals surface area (Å²) in [5.74, 6) is 0.00964. The lowest BCUT2D eigenvalue weighted by Gasteiger charge is -2.43. The summed E-state index contributed by atoms with van der Waals surface area (Å²) in [5.41, 5.74) is 0.342. The number of carbonyl (C=O) groups is 2. The summed E-state index contributed by atoms with van der Waals surface area (Å²) in [6, 6.07) is 0.330. The number of aromatic nitrogens is 2. The first kappa shape index (κ1) is 14.0. The fourth-order valence-electron chi connectivity index (χ4n) is 3.03. The molecule has 3 heterocycles. The number of hydrogen-bond acceptors (Lipinski definition) is 4. The summed E-state index contributed by atoms with van der Waals surface area (Å²) in [7, 11) is 0. The average Bonchev–Trinajstić information content (AvgIpc) is 2.47. The molecule has 2 aliphatic heterocycles. The van der Waals surface area contributed by atoms with Gasteiger partial charge in [0.15, 0.2) is 0 Å². The van der Waals surface area contributed by atoms with E-state index < -0.39 is 0 Å². The minimum absolute atomic E-state index is 0.0498. The molecule has 21 heavy (non-hydrogen) atoms. The first-order chi connectivity index (χ1) is 10.2. The Morgan fingerprint density at radius 1 is 1.24 bits per heavy atom. The van der Waals surface area contributed by atoms with Gasteiger partial charge in [0.1, 0.15) is 5.69 Å². The lowest BCUT2D eigenvalue weighted by Crippen LogP contribution is -2.58. The molecule has 1 aromatic heterocycles. The fourth-order valence-corrected chi connectivity index (χ4v) is 3.03. The van der Waals surface area contributed by atoms with E-state index in [0.717, 1.165) is 19.4 Å².